The Morgan fingerprint density at radius 2 is 1.72 bits per heavy atom. The molecule has 3 rings (SSSR count). The average molecular weight is 415 g/mol. The van der Waals surface area contributed by atoms with Crippen LogP contribution < -0.4 is 5.32 Å². The highest BCUT2D eigenvalue weighted by atomic mass is 32.2. The Hall–Kier alpha value is -2.18. The second-order valence-corrected chi connectivity index (χ2v) is 10.3. The fraction of sp³-hybridized carbons (Fsp3) is 0.435. The molecule has 0 saturated carbocycles. The Morgan fingerprint density at radius 1 is 1.07 bits per heavy atom. The number of nitrogens with zero attached hydrogens (tertiary/aromatic N) is 1. The number of carbonyl (C=O) groups excluding carboxylic acids is 1. The molecular weight excluding hydrogens is 384 g/mol. The number of piperidine rings is 1. The van der Waals surface area contributed by atoms with Gasteiger partial charge in [-0.15, -0.1) is 0 Å². The van der Waals surface area contributed by atoms with Crippen LogP contribution >= 0.6 is 0 Å². The van der Waals surface area contributed by atoms with E-state index in [1.54, 1.807) is 22.5 Å². The van der Waals surface area contributed by atoms with Gasteiger partial charge in [0.1, 0.15) is 0 Å². The summed E-state index contributed by atoms with van der Waals surface area (Å²) in [5.41, 5.74) is 3.57. The molecule has 1 fully saturated rings. The van der Waals surface area contributed by atoms with Crippen LogP contribution in [0.1, 0.15) is 41.8 Å². The van der Waals surface area contributed by atoms with E-state index in [1.807, 2.05) is 32.0 Å². The molecule has 2 unspecified atom stereocenters. The van der Waals surface area contributed by atoms with E-state index < -0.39 is 10.0 Å². The second-order valence-electron chi connectivity index (χ2n) is 8.32. The molecule has 0 radical (unpaired) electrons. The highest BCUT2D eigenvalue weighted by Crippen LogP contribution is 2.27. The molecule has 1 aliphatic rings. The smallest absolute Gasteiger partial charge is 0.243 e. The van der Waals surface area contributed by atoms with Gasteiger partial charge in [0.2, 0.25) is 10.0 Å². The van der Waals surface area contributed by atoms with Crippen LogP contribution in [-0.4, -0.2) is 38.1 Å². The van der Waals surface area contributed by atoms with E-state index in [9.17, 15) is 13.2 Å². The third-order valence-electron chi connectivity index (χ3n) is 5.67. The summed E-state index contributed by atoms with van der Waals surface area (Å²) in [5.74, 6) is 0.531. The Bertz CT molecular complexity index is 991. The van der Waals surface area contributed by atoms with Crippen LogP contribution in [0, 0.1) is 25.7 Å². The van der Waals surface area contributed by atoms with Gasteiger partial charge >= 0.3 is 0 Å². The lowest BCUT2D eigenvalue weighted by molar-refractivity contribution is 0.101. The highest BCUT2D eigenvalue weighted by Gasteiger charge is 2.31. The van der Waals surface area contributed by atoms with Gasteiger partial charge in [0, 0.05) is 24.3 Å². The molecule has 1 N–H and O–H groups in total. The number of anilines is 1. The highest BCUT2D eigenvalue weighted by molar-refractivity contribution is 7.89. The number of benzene rings is 2. The second kappa shape index (κ2) is 8.67. The lowest BCUT2D eigenvalue weighted by atomic mass is 9.94. The maximum Gasteiger partial charge on any atom is 0.243 e. The number of rotatable bonds is 6. The van der Waals surface area contributed by atoms with E-state index in [0.717, 1.165) is 23.2 Å². The van der Waals surface area contributed by atoms with Crippen molar-refractivity contribution in [1.29, 1.82) is 0 Å². The molecular formula is C23H30N2O3S. The van der Waals surface area contributed by atoms with Gasteiger partial charge in [0.15, 0.2) is 5.78 Å². The first-order valence-corrected chi connectivity index (χ1v) is 11.6. The molecule has 0 aliphatic carbocycles. The van der Waals surface area contributed by atoms with Crippen LogP contribution in [0.5, 0.6) is 0 Å². The largest absolute Gasteiger partial charge is 0.377 e. The monoisotopic (exact) mass is 414 g/mol. The standard InChI is InChI=1S/C23H30N2O3S/c1-16-11-17(2)15-25(14-16)29(27,28)21-9-6-8-20(12-21)23(26)13-24-22-10-5-7-18(3)19(22)4/h5-10,12,16-17,24H,11,13-15H2,1-4H3. The number of Topliss-reactive ketones (excluding diaryl/α,β-unsaturated/α-hetero) is 1. The number of nitrogens with one attached hydrogen (secondary N) is 1. The molecule has 0 spiro atoms. The number of ketones is 1. The van der Waals surface area contributed by atoms with Crippen LogP contribution in [0.2, 0.25) is 0 Å². The molecule has 29 heavy (non-hydrogen) atoms. The Kier molecular flexibility index (Phi) is 6.44. The minimum atomic E-state index is -3.60. The molecule has 2 atom stereocenters. The molecule has 0 amide bonds. The predicted octanol–water partition coefficient (Wildman–Crippen LogP) is 4.26. The van der Waals surface area contributed by atoms with Crippen molar-refractivity contribution in [3.8, 4) is 0 Å². The maximum absolute atomic E-state index is 13.1. The van der Waals surface area contributed by atoms with Gasteiger partial charge in [-0.3, -0.25) is 4.79 Å². The quantitative estimate of drug-likeness (QED) is 0.717. The summed E-state index contributed by atoms with van der Waals surface area (Å²) in [6, 6.07) is 12.3. The Balaban J connectivity index is 1.76. The van der Waals surface area contributed by atoms with Gasteiger partial charge in [0.25, 0.3) is 0 Å². The minimum absolute atomic E-state index is 0.117. The number of aryl methyl sites for hydroxylation is 1. The summed E-state index contributed by atoms with van der Waals surface area (Å²) in [4.78, 5) is 12.9. The van der Waals surface area contributed by atoms with Crippen molar-refractivity contribution in [1.82, 2.24) is 4.31 Å². The number of carbonyl (C=O) groups is 1. The first kappa shape index (κ1) is 21.5. The zero-order valence-electron chi connectivity index (χ0n) is 17.6. The van der Waals surface area contributed by atoms with Gasteiger partial charge in [-0.25, -0.2) is 8.42 Å². The van der Waals surface area contributed by atoms with Crippen molar-refractivity contribution in [3.05, 3.63) is 59.2 Å². The van der Waals surface area contributed by atoms with Crippen molar-refractivity contribution < 1.29 is 13.2 Å². The van der Waals surface area contributed by atoms with Crippen LogP contribution in [0.25, 0.3) is 0 Å². The summed E-state index contributed by atoms with van der Waals surface area (Å²) >= 11 is 0. The summed E-state index contributed by atoms with van der Waals surface area (Å²) in [6.07, 6.45) is 1.04. The normalized spacial score (nSPS) is 20.4. The SMILES string of the molecule is Cc1cccc(NCC(=O)c2cccc(S(=O)(=O)N3CC(C)CC(C)C3)c2)c1C. The van der Waals surface area contributed by atoms with Gasteiger partial charge in [-0.1, -0.05) is 38.1 Å². The zero-order valence-corrected chi connectivity index (χ0v) is 18.4. The lowest BCUT2D eigenvalue weighted by Crippen LogP contribution is -2.42. The van der Waals surface area contributed by atoms with Crippen molar-refractivity contribution >= 4 is 21.5 Å². The first-order valence-electron chi connectivity index (χ1n) is 10.1. The Morgan fingerprint density at radius 3 is 2.41 bits per heavy atom. The number of sulfonamides is 1. The van der Waals surface area contributed by atoms with E-state index in [0.29, 0.717) is 30.5 Å². The van der Waals surface area contributed by atoms with Gasteiger partial charge < -0.3 is 5.32 Å². The zero-order chi connectivity index (χ0) is 21.2. The summed E-state index contributed by atoms with van der Waals surface area (Å²) in [7, 11) is -3.60. The van der Waals surface area contributed by atoms with E-state index in [-0.39, 0.29) is 17.2 Å². The van der Waals surface area contributed by atoms with Crippen molar-refractivity contribution in [2.24, 2.45) is 11.8 Å². The topological polar surface area (TPSA) is 66.5 Å². The molecule has 0 aromatic heterocycles. The van der Waals surface area contributed by atoms with E-state index >= 15 is 0 Å². The minimum Gasteiger partial charge on any atom is -0.377 e. The average Bonchev–Trinajstić information content (AvgIpc) is 2.68. The molecule has 1 aliphatic heterocycles. The fourth-order valence-corrected chi connectivity index (χ4v) is 5.73. The summed E-state index contributed by atoms with van der Waals surface area (Å²) < 4.78 is 27.8. The van der Waals surface area contributed by atoms with Crippen molar-refractivity contribution in [3.63, 3.8) is 0 Å². The van der Waals surface area contributed by atoms with Crippen molar-refractivity contribution in [2.45, 2.75) is 39.0 Å². The Labute approximate surface area is 174 Å². The summed E-state index contributed by atoms with van der Waals surface area (Å²) in [6.45, 7) is 9.37. The summed E-state index contributed by atoms with van der Waals surface area (Å²) in [5, 5.41) is 3.18. The van der Waals surface area contributed by atoms with Gasteiger partial charge in [-0.05, 0) is 61.4 Å². The molecule has 1 heterocycles. The van der Waals surface area contributed by atoms with Gasteiger partial charge in [0.05, 0.1) is 11.4 Å². The lowest BCUT2D eigenvalue weighted by Gasteiger charge is -2.34. The fourth-order valence-electron chi connectivity index (χ4n) is 4.00. The maximum atomic E-state index is 13.1. The molecule has 0 bridgehead atoms. The molecule has 156 valence electrons. The predicted molar refractivity (Wildman–Crippen MR) is 117 cm³/mol. The van der Waals surface area contributed by atoms with Gasteiger partial charge in [-0.2, -0.15) is 4.31 Å². The molecule has 1 saturated heterocycles. The van der Waals surface area contributed by atoms with E-state index in [4.69, 9.17) is 0 Å². The molecule has 6 heteroatoms. The third-order valence-corrected chi connectivity index (χ3v) is 7.50. The van der Waals surface area contributed by atoms with Crippen LogP contribution in [0.4, 0.5) is 5.69 Å². The van der Waals surface area contributed by atoms with Crippen LogP contribution in [-0.2, 0) is 10.0 Å². The molecule has 2 aromatic carbocycles. The van der Waals surface area contributed by atoms with Crippen molar-refractivity contribution in [2.75, 3.05) is 25.0 Å². The van der Waals surface area contributed by atoms with Crippen LogP contribution in [0.15, 0.2) is 47.4 Å². The van der Waals surface area contributed by atoms with E-state index in [1.165, 1.54) is 6.07 Å². The first-order chi connectivity index (χ1) is 13.7. The number of hydrogen-bond donors (Lipinski definition) is 1. The van der Waals surface area contributed by atoms with Crippen LogP contribution in [0.3, 0.4) is 0 Å². The third kappa shape index (κ3) is 4.87. The van der Waals surface area contributed by atoms with E-state index in [2.05, 4.69) is 19.2 Å². The molecule has 5 nitrogen and oxygen atoms in total. The molecule has 2 aromatic rings. The number of hydrogen-bond acceptors (Lipinski definition) is 4.